The van der Waals surface area contributed by atoms with Crippen LogP contribution in [0.1, 0.15) is 11.8 Å². The molecule has 3 rings (SSSR count). The molecule has 2 aromatic rings. The fraction of sp³-hybridized carbons (Fsp3) is 0.455. The number of hydrogen-bond acceptors (Lipinski definition) is 8. The van der Waals surface area contributed by atoms with Gasteiger partial charge in [-0.15, -0.1) is 0 Å². The molecular formula is C11H12N4O3S. The van der Waals surface area contributed by atoms with Crippen molar-refractivity contribution >= 4 is 11.8 Å². The van der Waals surface area contributed by atoms with Gasteiger partial charge in [0.15, 0.2) is 0 Å². The normalized spacial score (nSPS) is 22.6. The first-order valence-electron chi connectivity index (χ1n) is 5.73. The second kappa shape index (κ2) is 5.14. The van der Waals surface area contributed by atoms with Gasteiger partial charge in [0.2, 0.25) is 17.6 Å². The van der Waals surface area contributed by atoms with Crippen molar-refractivity contribution in [1.82, 2.24) is 20.1 Å². The molecule has 0 saturated carbocycles. The van der Waals surface area contributed by atoms with E-state index < -0.39 is 6.10 Å². The molecular weight excluding hydrogens is 268 g/mol. The average molecular weight is 280 g/mol. The third-order valence-electron chi connectivity index (χ3n) is 2.89. The Hall–Kier alpha value is -1.67. The summed E-state index contributed by atoms with van der Waals surface area (Å²) >= 11 is 1.67. The molecule has 1 fully saturated rings. The lowest BCUT2D eigenvalue weighted by Crippen LogP contribution is -2.15. The van der Waals surface area contributed by atoms with Crippen molar-refractivity contribution < 1.29 is 14.4 Å². The number of rotatable bonds is 3. The molecule has 7 nitrogen and oxygen atoms in total. The first-order chi connectivity index (χ1) is 9.28. The lowest BCUT2D eigenvalue weighted by Gasteiger charge is -2.06. The van der Waals surface area contributed by atoms with Crippen LogP contribution in [0.5, 0.6) is 5.88 Å². The zero-order chi connectivity index (χ0) is 13.2. The summed E-state index contributed by atoms with van der Waals surface area (Å²) in [4.78, 5) is 12.3. The number of thioether (sulfide) groups is 1. The maximum atomic E-state index is 9.81. The summed E-state index contributed by atoms with van der Waals surface area (Å²) in [5.41, 5.74) is 0.530. The Morgan fingerprint density at radius 2 is 2.32 bits per heavy atom. The summed E-state index contributed by atoms with van der Waals surface area (Å²) in [6, 6.07) is 1.63. The number of ether oxygens (including phenoxy) is 1. The zero-order valence-electron chi connectivity index (χ0n) is 10.2. The Bertz CT molecular complexity index is 577. The largest absolute Gasteiger partial charge is 0.481 e. The molecule has 1 N–H and O–H groups in total. The molecule has 0 radical (unpaired) electrons. The topological polar surface area (TPSA) is 94.2 Å². The molecule has 19 heavy (non-hydrogen) atoms. The van der Waals surface area contributed by atoms with Crippen LogP contribution in [-0.4, -0.2) is 49.9 Å². The van der Waals surface area contributed by atoms with E-state index in [9.17, 15) is 5.11 Å². The SMILES string of the molecule is COc1cc(-c2noc(C3CSCC3O)n2)ncn1. The van der Waals surface area contributed by atoms with Gasteiger partial charge in [-0.05, 0) is 0 Å². The van der Waals surface area contributed by atoms with Gasteiger partial charge in [0.05, 0.1) is 19.1 Å². The van der Waals surface area contributed by atoms with Crippen molar-refractivity contribution in [3.8, 4) is 17.4 Å². The Morgan fingerprint density at radius 1 is 1.42 bits per heavy atom. The molecule has 1 saturated heterocycles. The van der Waals surface area contributed by atoms with Crippen LogP contribution in [0.4, 0.5) is 0 Å². The summed E-state index contributed by atoms with van der Waals surface area (Å²) in [5, 5.41) is 13.7. The predicted octanol–water partition coefficient (Wildman–Crippen LogP) is 0.726. The third-order valence-corrected chi connectivity index (χ3v) is 4.06. The second-order valence-corrected chi connectivity index (χ2v) is 5.19. The van der Waals surface area contributed by atoms with E-state index in [1.54, 1.807) is 17.8 Å². The van der Waals surface area contributed by atoms with Gasteiger partial charge in [0, 0.05) is 17.6 Å². The minimum atomic E-state index is -0.432. The Kier molecular flexibility index (Phi) is 3.34. The van der Waals surface area contributed by atoms with E-state index in [0.29, 0.717) is 29.0 Å². The van der Waals surface area contributed by atoms with Crippen LogP contribution in [0, 0.1) is 0 Å². The monoisotopic (exact) mass is 280 g/mol. The molecule has 0 spiro atoms. The smallest absolute Gasteiger partial charge is 0.233 e. The van der Waals surface area contributed by atoms with Crippen LogP contribution in [0.15, 0.2) is 16.9 Å². The predicted molar refractivity (Wildman–Crippen MR) is 67.9 cm³/mol. The number of hydrogen-bond donors (Lipinski definition) is 1. The number of aliphatic hydroxyl groups is 1. The maximum Gasteiger partial charge on any atom is 0.233 e. The molecule has 100 valence electrons. The van der Waals surface area contributed by atoms with E-state index in [4.69, 9.17) is 9.26 Å². The maximum absolute atomic E-state index is 9.81. The highest BCUT2D eigenvalue weighted by atomic mass is 32.2. The molecule has 1 aliphatic rings. The fourth-order valence-corrected chi connectivity index (χ4v) is 3.07. The molecule has 3 heterocycles. The zero-order valence-corrected chi connectivity index (χ0v) is 11.0. The number of nitrogens with zero attached hydrogens (tertiary/aromatic N) is 4. The van der Waals surface area contributed by atoms with E-state index in [0.717, 1.165) is 5.75 Å². The van der Waals surface area contributed by atoms with Gasteiger partial charge < -0.3 is 14.4 Å². The molecule has 8 heteroatoms. The standard InChI is InChI=1S/C11H12N4O3S/c1-17-9-2-7(12-5-13-9)10-14-11(18-15-10)6-3-19-4-8(6)16/h2,5-6,8,16H,3-4H2,1H3. The molecule has 0 bridgehead atoms. The van der Waals surface area contributed by atoms with Crippen molar-refractivity contribution in [1.29, 1.82) is 0 Å². The van der Waals surface area contributed by atoms with Gasteiger partial charge in [-0.3, -0.25) is 0 Å². The summed E-state index contributed by atoms with van der Waals surface area (Å²) in [5.74, 6) is 2.65. The molecule has 0 amide bonds. The van der Waals surface area contributed by atoms with E-state index in [2.05, 4.69) is 20.1 Å². The lowest BCUT2D eigenvalue weighted by atomic mass is 10.1. The van der Waals surface area contributed by atoms with Gasteiger partial charge in [-0.1, -0.05) is 5.16 Å². The van der Waals surface area contributed by atoms with Crippen LogP contribution < -0.4 is 4.74 Å². The van der Waals surface area contributed by atoms with Gasteiger partial charge in [0.25, 0.3) is 0 Å². The Balaban J connectivity index is 1.88. The van der Waals surface area contributed by atoms with E-state index in [1.165, 1.54) is 13.4 Å². The van der Waals surface area contributed by atoms with E-state index >= 15 is 0 Å². The first kappa shape index (κ1) is 12.4. The quantitative estimate of drug-likeness (QED) is 0.879. The lowest BCUT2D eigenvalue weighted by molar-refractivity contribution is 0.164. The van der Waals surface area contributed by atoms with Gasteiger partial charge >= 0.3 is 0 Å². The Morgan fingerprint density at radius 3 is 3.05 bits per heavy atom. The number of methoxy groups -OCH3 is 1. The first-order valence-corrected chi connectivity index (χ1v) is 6.89. The number of aromatic nitrogens is 4. The molecule has 2 atom stereocenters. The minimum Gasteiger partial charge on any atom is -0.481 e. The summed E-state index contributed by atoms with van der Waals surface area (Å²) < 4.78 is 10.2. The van der Waals surface area contributed by atoms with Crippen LogP contribution in [0.2, 0.25) is 0 Å². The van der Waals surface area contributed by atoms with Crippen LogP contribution in [0.25, 0.3) is 11.5 Å². The van der Waals surface area contributed by atoms with E-state index in [1.807, 2.05) is 0 Å². The van der Waals surface area contributed by atoms with E-state index in [-0.39, 0.29) is 5.92 Å². The summed E-state index contributed by atoms with van der Waals surface area (Å²) in [6.07, 6.45) is 0.947. The van der Waals surface area contributed by atoms with Crippen LogP contribution >= 0.6 is 11.8 Å². The minimum absolute atomic E-state index is 0.102. The Labute approximate surface area is 113 Å². The highest BCUT2D eigenvalue weighted by Gasteiger charge is 2.32. The molecule has 2 unspecified atom stereocenters. The van der Waals surface area contributed by atoms with Crippen molar-refractivity contribution in [2.24, 2.45) is 0 Å². The summed E-state index contributed by atoms with van der Waals surface area (Å²) in [6.45, 7) is 0. The van der Waals surface area contributed by atoms with Gasteiger partial charge in [-0.2, -0.15) is 16.7 Å². The van der Waals surface area contributed by atoms with Crippen molar-refractivity contribution in [2.75, 3.05) is 18.6 Å². The fourth-order valence-electron chi connectivity index (χ4n) is 1.84. The van der Waals surface area contributed by atoms with Crippen molar-refractivity contribution in [3.05, 3.63) is 18.3 Å². The molecule has 0 aromatic carbocycles. The molecule has 0 aliphatic carbocycles. The van der Waals surface area contributed by atoms with Crippen molar-refractivity contribution in [3.63, 3.8) is 0 Å². The molecule has 2 aromatic heterocycles. The third kappa shape index (κ3) is 2.41. The van der Waals surface area contributed by atoms with Crippen LogP contribution in [-0.2, 0) is 0 Å². The van der Waals surface area contributed by atoms with Gasteiger partial charge in [0.1, 0.15) is 12.0 Å². The van der Waals surface area contributed by atoms with Crippen LogP contribution in [0.3, 0.4) is 0 Å². The average Bonchev–Trinajstić information content (AvgIpc) is 3.07. The van der Waals surface area contributed by atoms with Gasteiger partial charge in [-0.25, -0.2) is 9.97 Å². The summed E-state index contributed by atoms with van der Waals surface area (Å²) in [7, 11) is 1.53. The van der Waals surface area contributed by atoms with Crippen molar-refractivity contribution in [2.45, 2.75) is 12.0 Å². The highest BCUT2D eigenvalue weighted by molar-refractivity contribution is 7.99. The molecule has 1 aliphatic heterocycles. The second-order valence-electron chi connectivity index (χ2n) is 4.11. The number of aliphatic hydroxyl groups excluding tert-OH is 1. The highest BCUT2D eigenvalue weighted by Crippen LogP contribution is 2.32.